The van der Waals surface area contributed by atoms with Crippen LogP contribution in [-0.4, -0.2) is 38.1 Å². The van der Waals surface area contributed by atoms with Crippen LogP contribution in [0.2, 0.25) is 0 Å². The van der Waals surface area contributed by atoms with Crippen LogP contribution in [-0.2, 0) is 19.1 Å². The second kappa shape index (κ2) is 6.66. The van der Waals surface area contributed by atoms with Gasteiger partial charge in [0.1, 0.15) is 11.9 Å². The Balaban J connectivity index is 1.68. The minimum absolute atomic E-state index is 0.203. The number of esters is 1. The van der Waals surface area contributed by atoms with Crippen molar-refractivity contribution in [1.29, 1.82) is 0 Å². The van der Waals surface area contributed by atoms with E-state index >= 15 is 0 Å². The number of nitrogens with zero attached hydrogens (tertiary/aromatic N) is 1. The predicted molar refractivity (Wildman–Crippen MR) is 81.5 cm³/mol. The first-order valence-corrected chi connectivity index (χ1v) is 7.78. The van der Waals surface area contributed by atoms with E-state index in [0.29, 0.717) is 50.2 Å². The maximum atomic E-state index is 13.3. The average Bonchev–Trinajstić information content (AvgIpc) is 3.03. The van der Waals surface area contributed by atoms with Gasteiger partial charge in [-0.05, 0) is 25.0 Å². The first-order chi connectivity index (χ1) is 11.1. The molecule has 5 nitrogen and oxygen atoms in total. The summed E-state index contributed by atoms with van der Waals surface area (Å²) in [6.45, 7) is 1.08. The Morgan fingerprint density at radius 2 is 2.22 bits per heavy atom. The SMILES string of the molecule is COC(=O)C1(C[C@H]2CC(c3cccc(F)c3)=NO2)CCOCC1. The zero-order valence-electron chi connectivity index (χ0n) is 13.1. The molecule has 1 atom stereocenters. The summed E-state index contributed by atoms with van der Waals surface area (Å²) in [5, 5.41) is 4.08. The molecule has 0 aliphatic carbocycles. The highest BCUT2D eigenvalue weighted by molar-refractivity contribution is 6.01. The highest BCUT2D eigenvalue weighted by Crippen LogP contribution is 2.39. The van der Waals surface area contributed by atoms with E-state index in [1.807, 2.05) is 0 Å². The van der Waals surface area contributed by atoms with Gasteiger partial charge < -0.3 is 14.3 Å². The molecular formula is C17H20FNO4. The van der Waals surface area contributed by atoms with E-state index in [1.165, 1.54) is 19.2 Å². The van der Waals surface area contributed by atoms with Gasteiger partial charge in [0.05, 0.1) is 18.2 Å². The number of halogens is 1. The summed E-state index contributed by atoms with van der Waals surface area (Å²) in [5.74, 6) is -0.521. The van der Waals surface area contributed by atoms with Gasteiger partial charge in [0.25, 0.3) is 0 Å². The largest absolute Gasteiger partial charge is 0.469 e. The van der Waals surface area contributed by atoms with Gasteiger partial charge in [0, 0.05) is 31.6 Å². The van der Waals surface area contributed by atoms with Crippen LogP contribution in [0.1, 0.15) is 31.2 Å². The van der Waals surface area contributed by atoms with Crippen LogP contribution in [0, 0.1) is 11.2 Å². The molecule has 1 saturated heterocycles. The van der Waals surface area contributed by atoms with Crippen LogP contribution in [0.15, 0.2) is 29.4 Å². The van der Waals surface area contributed by atoms with E-state index < -0.39 is 5.41 Å². The molecular weight excluding hydrogens is 301 g/mol. The van der Waals surface area contributed by atoms with E-state index in [2.05, 4.69) is 5.16 Å². The molecule has 0 unspecified atom stereocenters. The zero-order chi connectivity index (χ0) is 16.3. The molecule has 6 heteroatoms. The maximum absolute atomic E-state index is 13.3. The van der Waals surface area contributed by atoms with Crippen LogP contribution in [0.3, 0.4) is 0 Å². The lowest BCUT2D eigenvalue weighted by atomic mass is 9.75. The Morgan fingerprint density at radius 1 is 1.43 bits per heavy atom. The molecule has 0 bridgehead atoms. The van der Waals surface area contributed by atoms with Crippen molar-refractivity contribution in [3.05, 3.63) is 35.6 Å². The van der Waals surface area contributed by atoms with E-state index in [-0.39, 0.29) is 17.9 Å². The normalized spacial score (nSPS) is 23.0. The second-order valence-corrected chi connectivity index (χ2v) is 6.07. The van der Waals surface area contributed by atoms with Gasteiger partial charge in [0.15, 0.2) is 0 Å². The topological polar surface area (TPSA) is 57.1 Å². The highest BCUT2D eigenvalue weighted by atomic mass is 19.1. The van der Waals surface area contributed by atoms with Crippen LogP contribution >= 0.6 is 0 Å². The van der Waals surface area contributed by atoms with Gasteiger partial charge in [-0.3, -0.25) is 4.79 Å². The minimum atomic E-state index is -0.579. The van der Waals surface area contributed by atoms with E-state index in [1.54, 1.807) is 12.1 Å². The molecule has 3 rings (SSSR count). The van der Waals surface area contributed by atoms with Crippen LogP contribution in [0.4, 0.5) is 4.39 Å². The third kappa shape index (κ3) is 3.37. The number of hydrogen-bond donors (Lipinski definition) is 0. The van der Waals surface area contributed by atoms with Gasteiger partial charge in [-0.1, -0.05) is 17.3 Å². The Labute approximate surface area is 134 Å². The maximum Gasteiger partial charge on any atom is 0.312 e. The fraction of sp³-hybridized carbons (Fsp3) is 0.529. The number of carbonyl (C=O) groups is 1. The summed E-state index contributed by atoms with van der Waals surface area (Å²) in [7, 11) is 1.41. The van der Waals surface area contributed by atoms with Gasteiger partial charge in [-0.2, -0.15) is 0 Å². The molecule has 0 radical (unpaired) electrons. The number of oxime groups is 1. The second-order valence-electron chi connectivity index (χ2n) is 6.07. The van der Waals surface area contributed by atoms with Crippen molar-refractivity contribution in [1.82, 2.24) is 0 Å². The Hall–Kier alpha value is -1.95. The smallest absolute Gasteiger partial charge is 0.312 e. The fourth-order valence-electron chi connectivity index (χ4n) is 3.28. The first-order valence-electron chi connectivity index (χ1n) is 7.78. The zero-order valence-corrected chi connectivity index (χ0v) is 13.1. The highest BCUT2D eigenvalue weighted by Gasteiger charge is 2.44. The van der Waals surface area contributed by atoms with Gasteiger partial charge in [0.2, 0.25) is 0 Å². The number of carbonyl (C=O) groups excluding carboxylic acids is 1. The van der Waals surface area contributed by atoms with E-state index in [0.717, 1.165) is 0 Å². The number of benzene rings is 1. The summed E-state index contributed by atoms with van der Waals surface area (Å²) in [4.78, 5) is 17.8. The third-order valence-corrected chi connectivity index (χ3v) is 4.58. The summed E-state index contributed by atoms with van der Waals surface area (Å²) in [6.07, 6.45) is 2.13. The third-order valence-electron chi connectivity index (χ3n) is 4.58. The molecule has 0 spiro atoms. The summed E-state index contributed by atoms with van der Waals surface area (Å²) < 4.78 is 23.7. The molecule has 2 heterocycles. The first kappa shape index (κ1) is 15.9. The fourth-order valence-corrected chi connectivity index (χ4v) is 3.28. The van der Waals surface area contributed by atoms with Crippen LogP contribution in [0.5, 0.6) is 0 Å². The van der Waals surface area contributed by atoms with Crippen LogP contribution in [0.25, 0.3) is 0 Å². The summed E-state index contributed by atoms with van der Waals surface area (Å²) in [6, 6.07) is 6.29. The van der Waals surface area contributed by atoms with Crippen molar-refractivity contribution in [2.45, 2.75) is 31.8 Å². The van der Waals surface area contributed by atoms with Crippen LogP contribution < -0.4 is 0 Å². The van der Waals surface area contributed by atoms with Crippen molar-refractivity contribution in [2.75, 3.05) is 20.3 Å². The summed E-state index contributed by atoms with van der Waals surface area (Å²) in [5.41, 5.74) is 0.845. The van der Waals surface area contributed by atoms with Crippen molar-refractivity contribution in [2.24, 2.45) is 10.6 Å². The molecule has 2 aliphatic rings. The Kier molecular flexibility index (Phi) is 4.61. The predicted octanol–water partition coefficient (Wildman–Crippen LogP) is 2.68. The number of rotatable bonds is 4. The van der Waals surface area contributed by atoms with Crippen molar-refractivity contribution in [3.8, 4) is 0 Å². The van der Waals surface area contributed by atoms with Gasteiger partial charge in [-0.25, -0.2) is 4.39 Å². The standard InChI is InChI=1S/C17H20FNO4/c1-21-16(20)17(5-7-22-8-6-17)11-14-10-15(19-23-14)12-3-2-4-13(18)9-12/h2-4,9,14H,5-8,10-11H2,1H3/t14-/m1/s1. The molecule has 0 saturated carbocycles. The molecule has 1 fully saturated rings. The lowest BCUT2D eigenvalue weighted by molar-refractivity contribution is -0.162. The quantitative estimate of drug-likeness (QED) is 0.800. The summed E-state index contributed by atoms with van der Waals surface area (Å²) >= 11 is 0. The molecule has 1 aromatic rings. The van der Waals surface area contributed by atoms with E-state index in [4.69, 9.17) is 14.3 Å². The Morgan fingerprint density at radius 3 is 2.91 bits per heavy atom. The lowest BCUT2D eigenvalue weighted by Crippen LogP contribution is -2.41. The minimum Gasteiger partial charge on any atom is -0.469 e. The van der Waals surface area contributed by atoms with Crippen molar-refractivity contribution < 1.29 is 23.5 Å². The number of methoxy groups -OCH3 is 1. The Bertz CT molecular complexity index is 610. The monoisotopic (exact) mass is 321 g/mol. The average molecular weight is 321 g/mol. The molecule has 23 heavy (non-hydrogen) atoms. The number of ether oxygens (including phenoxy) is 2. The molecule has 0 amide bonds. The van der Waals surface area contributed by atoms with E-state index in [9.17, 15) is 9.18 Å². The molecule has 0 aromatic heterocycles. The van der Waals surface area contributed by atoms with Gasteiger partial charge >= 0.3 is 5.97 Å². The molecule has 0 N–H and O–H groups in total. The molecule has 1 aromatic carbocycles. The van der Waals surface area contributed by atoms with Crippen molar-refractivity contribution in [3.63, 3.8) is 0 Å². The lowest BCUT2D eigenvalue weighted by Gasteiger charge is -2.35. The molecule has 2 aliphatic heterocycles. The number of hydrogen-bond acceptors (Lipinski definition) is 5. The van der Waals surface area contributed by atoms with Gasteiger partial charge in [-0.15, -0.1) is 0 Å². The molecule has 124 valence electrons. The van der Waals surface area contributed by atoms with Crippen molar-refractivity contribution >= 4 is 11.7 Å².